The van der Waals surface area contributed by atoms with Crippen LogP contribution in [0.15, 0.2) is 34.5 Å². The first-order valence-electron chi connectivity index (χ1n) is 19.4. The molecule has 14 nitrogen and oxygen atoms in total. The molecule has 310 valence electrons. The van der Waals surface area contributed by atoms with E-state index >= 15 is 0 Å². The molecule has 2 aliphatic rings. The minimum atomic E-state index is -1.96. The molecule has 55 heavy (non-hydrogen) atoms. The summed E-state index contributed by atoms with van der Waals surface area (Å²) in [6.07, 6.45) is -5.39. The highest BCUT2D eigenvalue weighted by Gasteiger charge is 2.51. The summed E-state index contributed by atoms with van der Waals surface area (Å²) < 4.78 is 24.8. The lowest BCUT2D eigenvalue weighted by atomic mass is 9.74. The predicted molar refractivity (Wildman–Crippen MR) is 211 cm³/mol. The number of hydrogen-bond donors (Lipinski definition) is 4. The predicted octanol–water partition coefficient (Wildman–Crippen LogP) is 4.31. The van der Waals surface area contributed by atoms with Crippen molar-refractivity contribution in [1.82, 2.24) is 4.90 Å². The van der Waals surface area contributed by atoms with E-state index in [-0.39, 0.29) is 37.3 Å². The molecule has 0 aliphatic carbocycles. The number of ketones is 1. The van der Waals surface area contributed by atoms with E-state index in [1.165, 1.54) is 21.0 Å². The summed E-state index contributed by atoms with van der Waals surface area (Å²) in [7, 11) is 5.22. The van der Waals surface area contributed by atoms with E-state index in [1.54, 1.807) is 34.6 Å². The smallest absolute Gasteiger partial charge is 0.316 e. The van der Waals surface area contributed by atoms with Crippen LogP contribution in [0.2, 0.25) is 0 Å². The third-order valence-corrected chi connectivity index (χ3v) is 11.4. The molecule has 1 aromatic carbocycles. The molecule has 0 saturated carbocycles. The van der Waals surface area contributed by atoms with Crippen LogP contribution in [-0.4, -0.2) is 125 Å². The second kappa shape index (κ2) is 19.4. The number of cyclic esters (lactones) is 1. The standard InChI is InChI=1S/C41H66N4O10/c1-14-31-41(10,51)36(49)26(6)33(44-43-24(4)19-32(46)42-29-17-15-22(2)16-18-29)23(3)21-40(9,52-13)37(27(7)34(47)28(8)38(50)54-31)55-39-35(48)30(45(11)12)20-25(5)53-39/h15-18,23,25-28,30-31,35-37,39,48-49,51H,14,19-21H2,1-13H3,(H,42,46). The van der Waals surface area contributed by atoms with Gasteiger partial charge in [-0.25, -0.2) is 0 Å². The number of carbonyl (C=O) groups excluding carboxylic acids is 3. The Hall–Kier alpha value is -3.11. The van der Waals surface area contributed by atoms with Gasteiger partial charge in [-0.2, -0.15) is 10.2 Å². The Labute approximate surface area is 327 Å². The van der Waals surface area contributed by atoms with Gasteiger partial charge in [-0.15, -0.1) is 0 Å². The van der Waals surface area contributed by atoms with Crippen molar-refractivity contribution in [3.63, 3.8) is 0 Å². The molecule has 1 amide bonds. The number of aliphatic hydroxyl groups excluding tert-OH is 2. The normalized spacial score (nSPS) is 38.1. The molecule has 13 atom stereocenters. The first-order valence-corrected chi connectivity index (χ1v) is 19.4. The maximum Gasteiger partial charge on any atom is 0.316 e. The van der Waals surface area contributed by atoms with Gasteiger partial charge in [0.1, 0.15) is 23.7 Å². The van der Waals surface area contributed by atoms with E-state index in [2.05, 4.69) is 15.5 Å². The van der Waals surface area contributed by atoms with Crippen molar-refractivity contribution in [1.29, 1.82) is 0 Å². The fourth-order valence-electron chi connectivity index (χ4n) is 7.89. The van der Waals surface area contributed by atoms with Crippen molar-refractivity contribution >= 4 is 34.8 Å². The van der Waals surface area contributed by atoms with E-state index in [4.69, 9.17) is 18.9 Å². The van der Waals surface area contributed by atoms with E-state index in [1.807, 2.05) is 64.0 Å². The van der Waals surface area contributed by atoms with Crippen LogP contribution in [0.25, 0.3) is 0 Å². The molecule has 1 aromatic rings. The number of hydrogen-bond acceptors (Lipinski definition) is 13. The van der Waals surface area contributed by atoms with Gasteiger partial charge in [0.25, 0.3) is 0 Å². The van der Waals surface area contributed by atoms with Crippen LogP contribution in [0, 0.1) is 30.6 Å². The summed E-state index contributed by atoms with van der Waals surface area (Å²) in [5.74, 6) is -5.24. The van der Waals surface area contributed by atoms with Gasteiger partial charge in [0.05, 0.1) is 30.3 Å². The Morgan fingerprint density at radius 1 is 1.05 bits per heavy atom. The van der Waals surface area contributed by atoms with Crippen LogP contribution in [0.4, 0.5) is 5.69 Å². The molecule has 0 aromatic heterocycles. The quantitative estimate of drug-likeness (QED) is 0.121. The molecular formula is C41H66N4O10. The molecule has 2 fully saturated rings. The number of nitrogens with one attached hydrogen (secondary N) is 1. The number of anilines is 1. The first-order chi connectivity index (χ1) is 25.6. The molecule has 4 N–H and O–H groups in total. The summed E-state index contributed by atoms with van der Waals surface area (Å²) in [4.78, 5) is 42.6. The van der Waals surface area contributed by atoms with Crippen LogP contribution in [-0.2, 0) is 33.3 Å². The molecule has 2 heterocycles. The number of carbonyl (C=O) groups is 3. The maximum atomic E-state index is 14.2. The van der Waals surface area contributed by atoms with Crippen LogP contribution >= 0.6 is 0 Å². The van der Waals surface area contributed by atoms with Crippen LogP contribution in [0.3, 0.4) is 0 Å². The molecule has 2 saturated heterocycles. The second-order valence-corrected chi connectivity index (χ2v) is 16.4. The number of Topliss-reactive ketones (excluding diaryl/α,β-unsaturated/α-hetero) is 1. The molecule has 14 heteroatoms. The van der Waals surface area contributed by atoms with Crippen molar-refractivity contribution in [3.8, 4) is 0 Å². The van der Waals surface area contributed by atoms with Gasteiger partial charge in [-0.3, -0.25) is 14.4 Å². The number of benzene rings is 1. The summed E-state index contributed by atoms with van der Waals surface area (Å²) in [5, 5.41) is 47.0. The first kappa shape index (κ1) is 46.3. The molecule has 3 rings (SSSR count). The Balaban J connectivity index is 2.13. The van der Waals surface area contributed by atoms with E-state index in [0.29, 0.717) is 23.5 Å². The fraction of sp³-hybridized carbons (Fsp3) is 0.732. The number of likely N-dealkylation sites (N-methyl/N-ethyl adjacent to an activating group) is 1. The molecule has 0 radical (unpaired) electrons. The van der Waals surface area contributed by atoms with Crippen LogP contribution < -0.4 is 5.32 Å². The molecule has 0 spiro atoms. The minimum Gasteiger partial charge on any atom is -0.459 e. The Bertz CT molecular complexity index is 1530. The number of aryl methyl sites for hydroxylation is 1. The third kappa shape index (κ3) is 11.3. The van der Waals surface area contributed by atoms with Crippen molar-refractivity contribution in [3.05, 3.63) is 29.8 Å². The van der Waals surface area contributed by atoms with Gasteiger partial charge >= 0.3 is 5.97 Å². The van der Waals surface area contributed by atoms with Gasteiger partial charge in [0.2, 0.25) is 5.91 Å². The van der Waals surface area contributed by atoms with Crippen LogP contribution in [0.5, 0.6) is 0 Å². The zero-order valence-electron chi connectivity index (χ0n) is 35.0. The third-order valence-electron chi connectivity index (χ3n) is 11.4. The highest BCUT2D eigenvalue weighted by molar-refractivity contribution is 6.05. The zero-order valence-corrected chi connectivity index (χ0v) is 35.0. The Kier molecular flexibility index (Phi) is 16.3. The van der Waals surface area contributed by atoms with Gasteiger partial charge in [0, 0.05) is 42.1 Å². The highest BCUT2D eigenvalue weighted by atomic mass is 16.7. The van der Waals surface area contributed by atoms with E-state index in [9.17, 15) is 29.7 Å². The topological polar surface area (TPSA) is 189 Å². The number of methoxy groups -OCH3 is 1. The number of amides is 1. The van der Waals surface area contributed by atoms with Crippen molar-refractivity contribution < 1.29 is 48.7 Å². The lowest BCUT2D eigenvalue weighted by molar-refractivity contribution is -0.295. The summed E-state index contributed by atoms with van der Waals surface area (Å²) in [5.41, 5.74) is -0.752. The molecule has 2 aliphatic heterocycles. The SMILES string of the molecule is CCC1OC(=O)C(C)C(=O)C(C)C(OC2OC(C)CC(N(C)C)C2O)C(C)(OC)CC(C)C(=NN=C(C)CC(=O)Nc2ccc(C)cc2)C(C)C(O)C1(C)O. The number of aliphatic hydroxyl groups is 3. The van der Waals surface area contributed by atoms with Crippen molar-refractivity contribution in [2.75, 3.05) is 26.5 Å². The monoisotopic (exact) mass is 774 g/mol. The van der Waals surface area contributed by atoms with Crippen molar-refractivity contribution in [2.45, 2.75) is 149 Å². The molecule has 0 bridgehead atoms. The zero-order chi connectivity index (χ0) is 41.6. The van der Waals surface area contributed by atoms with Crippen LogP contribution in [0.1, 0.15) is 93.6 Å². The van der Waals surface area contributed by atoms with Crippen molar-refractivity contribution in [2.24, 2.45) is 33.9 Å². The number of ether oxygens (including phenoxy) is 4. The Morgan fingerprint density at radius 2 is 1.67 bits per heavy atom. The molecular weight excluding hydrogens is 708 g/mol. The average Bonchev–Trinajstić information content (AvgIpc) is 3.12. The number of nitrogens with zero attached hydrogens (tertiary/aromatic N) is 3. The van der Waals surface area contributed by atoms with Gasteiger partial charge in [-0.1, -0.05) is 45.4 Å². The minimum absolute atomic E-state index is 0.0544. The number of esters is 1. The largest absolute Gasteiger partial charge is 0.459 e. The summed E-state index contributed by atoms with van der Waals surface area (Å²) in [6.45, 7) is 17.1. The van der Waals surface area contributed by atoms with E-state index < -0.39 is 77.3 Å². The fourth-order valence-corrected chi connectivity index (χ4v) is 7.89. The van der Waals surface area contributed by atoms with Gasteiger partial charge < -0.3 is 44.5 Å². The lowest BCUT2D eigenvalue weighted by Crippen LogP contribution is -2.60. The van der Waals surface area contributed by atoms with Gasteiger partial charge in [-0.05, 0) is 93.0 Å². The lowest BCUT2D eigenvalue weighted by Gasteiger charge is -2.47. The molecule has 13 unspecified atom stereocenters. The van der Waals surface area contributed by atoms with Gasteiger partial charge in [0.15, 0.2) is 12.1 Å². The summed E-state index contributed by atoms with van der Waals surface area (Å²) >= 11 is 0. The highest BCUT2D eigenvalue weighted by Crippen LogP contribution is 2.38. The van der Waals surface area contributed by atoms with E-state index in [0.717, 1.165) is 5.56 Å². The maximum absolute atomic E-state index is 14.2. The average molecular weight is 775 g/mol. The summed E-state index contributed by atoms with van der Waals surface area (Å²) in [6, 6.07) is 7.13. The number of rotatable bonds is 9. The Morgan fingerprint density at radius 3 is 2.24 bits per heavy atom. The second-order valence-electron chi connectivity index (χ2n) is 16.4.